The van der Waals surface area contributed by atoms with Crippen molar-refractivity contribution in [2.75, 3.05) is 24.5 Å². The molecular weight excluding hydrogens is 264 g/mol. The Morgan fingerprint density at radius 2 is 2.00 bits per heavy atom. The molecule has 110 valence electrons. The first-order chi connectivity index (χ1) is 10.3. The maximum Gasteiger partial charge on any atom is 0.241 e. The van der Waals surface area contributed by atoms with Crippen LogP contribution in [-0.2, 0) is 17.9 Å². The van der Waals surface area contributed by atoms with Crippen molar-refractivity contribution in [1.82, 2.24) is 14.5 Å². The number of para-hydroxylation sites is 1. The number of benzene rings is 1. The van der Waals surface area contributed by atoms with Crippen LogP contribution in [0.5, 0.6) is 0 Å². The van der Waals surface area contributed by atoms with Gasteiger partial charge < -0.3 is 9.47 Å². The van der Waals surface area contributed by atoms with Crippen molar-refractivity contribution in [1.29, 1.82) is 0 Å². The van der Waals surface area contributed by atoms with Crippen molar-refractivity contribution in [2.24, 2.45) is 0 Å². The van der Waals surface area contributed by atoms with Gasteiger partial charge in [-0.15, -0.1) is 0 Å². The van der Waals surface area contributed by atoms with E-state index in [1.54, 1.807) is 0 Å². The topological polar surface area (TPSA) is 41.4 Å². The van der Waals surface area contributed by atoms with E-state index < -0.39 is 0 Å². The predicted octanol–water partition coefficient (Wildman–Crippen LogP) is 1.75. The summed E-state index contributed by atoms with van der Waals surface area (Å²) in [6.07, 6.45) is 3.73. The van der Waals surface area contributed by atoms with Crippen LogP contribution in [0, 0.1) is 0 Å². The first-order valence-corrected chi connectivity index (χ1v) is 7.34. The zero-order chi connectivity index (χ0) is 14.7. The van der Waals surface area contributed by atoms with Crippen LogP contribution in [0.15, 0.2) is 42.9 Å². The van der Waals surface area contributed by atoms with Crippen molar-refractivity contribution < 1.29 is 4.79 Å². The number of amides is 1. The van der Waals surface area contributed by atoms with E-state index in [-0.39, 0.29) is 5.91 Å². The van der Waals surface area contributed by atoms with Crippen LogP contribution >= 0.6 is 0 Å². The molecule has 5 nitrogen and oxygen atoms in total. The summed E-state index contributed by atoms with van der Waals surface area (Å²) in [7, 11) is 0. The van der Waals surface area contributed by atoms with Crippen molar-refractivity contribution in [2.45, 2.75) is 20.0 Å². The summed E-state index contributed by atoms with van der Waals surface area (Å²) in [4.78, 5) is 20.6. The second-order valence-electron chi connectivity index (χ2n) is 5.26. The minimum absolute atomic E-state index is 0.162. The van der Waals surface area contributed by atoms with E-state index in [0.29, 0.717) is 6.54 Å². The van der Waals surface area contributed by atoms with Gasteiger partial charge in [0.05, 0.1) is 18.6 Å². The molecule has 2 heterocycles. The second-order valence-corrected chi connectivity index (χ2v) is 5.26. The fraction of sp³-hybridized carbons (Fsp3) is 0.375. The summed E-state index contributed by atoms with van der Waals surface area (Å²) in [5.41, 5.74) is 2.15. The molecule has 1 aromatic heterocycles. The average molecular weight is 284 g/mol. The molecule has 0 bridgehead atoms. The Balaban J connectivity index is 1.65. The minimum atomic E-state index is 0.162. The number of aryl methyl sites for hydroxylation is 1. The van der Waals surface area contributed by atoms with Crippen molar-refractivity contribution in [3.05, 3.63) is 48.5 Å². The van der Waals surface area contributed by atoms with Gasteiger partial charge in [0.1, 0.15) is 0 Å². The van der Waals surface area contributed by atoms with E-state index in [0.717, 1.165) is 31.9 Å². The Labute approximate surface area is 124 Å². The number of nitrogens with zero attached hydrogens (tertiary/aromatic N) is 4. The average Bonchev–Trinajstić information content (AvgIpc) is 2.95. The smallest absolute Gasteiger partial charge is 0.241 e. The molecule has 1 aliphatic rings. The third-order valence-electron chi connectivity index (χ3n) is 3.89. The summed E-state index contributed by atoms with van der Waals surface area (Å²) in [6, 6.07) is 9.87. The van der Waals surface area contributed by atoms with E-state index in [2.05, 4.69) is 21.4 Å². The Morgan fingerprint density at radius 3 is 2.71 bits per heavy atom. The van der Waals surface area contributed by atoms with Crippen LogP contribution in [0.3, 0.4) is 0 Å². The number of rotatable bonds is 4. The summed E-state index contributed by atoms with van der Waals surface area (Å²) in [5, 5.41) is 0. The van der Waals surface area contributed by atoms with E-state index in [1.165, 1.54) is 5.69 Å². The molecule has 0 atom stereocenters. The number of carbonyl (C=O) groups excluding carboxylic acids is 1. The lowest BCUT2D eigenvalue weighted by atomic mass is 10.2. The highest BCUT2D eigenvalue weighted by atomic mass is 16.2. The molecule has 0 unspecified atom stereocenters. The highest BCUT2D eigenvalue weighted by molar-refractivity contribution is 5.95. The van der Waals surface area contributed by atoms with Crippen LogP contribution in [0.1, 0.15) is 12.6 Å². The molecule has 1 fully saturated rings. The molecule has 21 heavy (non-hydrogen) atoms. The molecule has 3 rings (SSSR count). The van der Waals surface area contributed by atoms with Gasteiger partial charge in [-0.3, -0.25) is 9.69 Å². The van der Waals surface area contributed by atoms with Gasteiger partial charge in [0.15, 0.2) is 0 Å². The molecule has 2 aromatic rings. The number of anilines is 1. The fourth-order valence-corrected chi connectivity index (χ4v) is 2.73. The molecule has 0 N–H and O–H groups in total. The second kappa shape index (κ2) is 6.10. The molecule has 0 saturated carbocycles. The summed E-state index contributed by atoms with van der Waals surface area (Å²) in [5.74, 6) is 0.162. The maximum atomic E-state index is 12.3. The minimum Gasteiger partial charge on any atom is -0.334 e. The Bertz CT molecular complexity index is 608. The normalized spacial score (nSPS) is 16.4. The number of carbonyl (C=O) groups is 1. The highest BCUT2D eigenvalue weighted by Gasteiger charge is 2.25. The number of hydrogen-bond donors (Lipinski definition) is 0. The Morgan fingerprint density at radius 1 is 1.19 bits per heavy atom. The van der Waals surface area contributed by atoms with Gasteiger partial charge in [-0.1, -0.05) is 18.2 Å². The number of piperazine rings is 1. The Kier molecular flexibility index (Phi) is 4.01. The molecule has 1 aromatic carbocycles. The third-order valence-corrected chi connectivity index (χ3v) is 3.89. The molecule has 5 heteroatoms. The Hall–Kier alpha value is -2.14. The summed E-state index contributed by atoms with van der Waals surface area (Å²) in [6.45, 7) is 5.88. The fourth-order valence-electron chi connectivity index (χ4n) is 2.73. The highest BCUT2D eigenvalue weighted by Crippen LogP contribution is 2.17. The quantitative estimate of drug-likeness (QED) is 0.859. The summed E-state index contributed by atoms with van der Waals surface area (Å²) >= 11 is 0. The number of imidazole rings is 1. The van der Waals surface area contributed by atoms with Gasteiger partial charge in [0.2, 0.25) is 5.91 Å². The molecule has 1 saturated heterocycles. The zero-order valence-electron chi connectivity index (χ0n) is 12.3. The largest absolute Gasteiger partial charge is 0.334 e. The molecule has 1 amide bonds. The predicted molar refractivity (Wildman–Crippen MR) is 82.0 cm³/mol. The van der Waals surface area contributed by atoms with Crippen molar-refractivity contribution >= 4 is 11.6 Å². The first kappa shape index (κ1) is 13.8. The van der Waals surface area contributed by atoms with E-state index >= 15 is 0 Å². The van der Waals surface area contributed by atoms with Crippen LogP contribution in [-0.4, -0.2) is 40.0 Å². The van der Waals surface area contributed by atoms with E-state index in [4.69, 9.17) is 0 Å². The van der Waals surface area contributed by atoms with Gasteiger partial charge in [0, 0.05) is 38.1 Å². The zero-order valence-corrected chi connectivity index (χ0v) is 12.3. The van der Waals surface area contributed by atoms with Crippen LogP contribution in [0.4, 0.5) is 5.69 Å². The standard InChI is InChI=1S/C16H20N4O/c1-2-19-13-17-10-15(19)11-18-8-9-20(16(21)12-18)14-6-4-3-5-7-14/h3-7,10,13H,2,8-9,11-12H2,1H3. The van der Waals surface area contributed by atoms with Crippen LogP contribution < -0.4 is 4.90 Å². The molecule has 1 aliphatic heterocycles. The van der Waals surface area contributed by atoms with E-state index in [1.807, 2.05) is 47.8 Å². The first-order valence-electron chi connectivity index (χ1n) is 7.34. The lowest BCUT2D eigenvalue weighted by Gasteiger charge is -2.34. The molecule has 0 spiro atoms. The van der Waals surface area contributed by atoms with Gasteiger partial charge in [-0.25, -0.2) is 4.98 Å². The van der Waals surface area contributed by atoms with Gasteiger partial charge in [-0.05, 0) is 19.1 Å². The lowest BCUT2D eigenvalue weighted by molar-refractivity contribution is -0.121. The van der Waals surface area contributed by atoms with Crippen molar-refractivity contribution in [3.8, 4) is 0 Å². The lowest BCUT2D eigenvalue weighted by Crippen LogP contribution is -2.50. The van der Waals surface area contributed by atoms with Gasteiger partial charge in [0.25, 0.3) is 0 Å². The van der Waals surface area contributed by atoms with Crippen LogP contribution in [0.25, 0.3) is 0 Å². The maximum absolute atomic E-state index is 12.3. The molecular formula is C16H20N4O. The molecule has 0 aliphatic carbocycles. The third kappa shape index (κ3) is 2.97. The van der Waals surface area contributed by atoms with Crippen molar-refractivity contribution in [3.63, 3.8) is 0 Å². The monoisotopic (exact) mass is 284 g/mol. The number of hydrogen-bond acceptors (Lipinski definition) is 3. The number of aromatic nitrogens is 2. The van der Waals surface area contributed by atoms with Crippen LogP contribution in [0.2, 0.25) is 0 Å². The SMILES string of the molecule is CCn1cncc1CN1CCN(c2ccccc2)C(=O)C1. The summed E-state index contributed by atoms with van der Waals surface area (Å²) < 4.78 is 2.12. The van der Waals surface area contributed by atoms with Gasteiger partial charge >= 0.3 is 0 Å². The van der Waals surface area contributed by atoms with Gasteiger partial charge in [-0.2, -0.15) is 0 Å². The molecule has 0 radical (unpaired) electrons. The van der Waals surface area contributed by atoms with E-state index in [9.17, 15) is 4.79 Å².